The van der Waals surface area contributed by atoms with E-state index in [1.165, 1.54) is 0 Å². The molecule has 5 rings (SSSR count). The van der Waals surface area contributed by atoms with Crippen molar-refractivity contribution in [1.29, 1.82) is 0 Å². The van der Waals surface area contributed by atoms with E-state index in [1.807, 2.05) is 47.4 Å². The maximum atomic E-state index is 12.8. The molecule has 10 heteroatoms. The highest BCUT2D eigenvalue weighted by atomic mass is 31.2. The molecule has 0 aliphatic carbocycles. The molecule has 1 aliphatic rings. The fourth-order valence-electron chi connectivity index (χ4n) is 3.95. The molecule has 32 heavy (non-hydrogen) atoms. The van der Waals surface area contributed by atoms with Gasteiger partial charge in [0.1, 0.15) is 18.6 Å². The number of para-hydroxylation sites is 1. The van der Waals surface area contributed by atoms with Gasteiger partial charge in [0.15, 0.2) is 0 Å². The Labute approximate surface area is 186 Å². The third-order valence-electron chi connectivity index (χ3n) is 5.58. The van der Waals surface area contributed by atoms with Crippen LogP contribution in [0.3, 0.4) is 0 Å². The van der Waals surface area contributed by atoms with Crippen LogP contribution in [0.1, 0.15) is 18.9 Å². The number of fused-ring (bicyclic) bond motifs is 1. The minimum absolute atomic E-state index is 0.346. The summed E-state index contributed by atoms with van der Waals surface area (Å²) in [6.45, 7) is 5.06. The van der Waals surface area contributed by atoms with Crippen LogP contribution < -0.4 is 15.9 Å². The first-order valence-corrected chi connectivity index (χ1v) is 13.2. The van der Waals surface area contributed by atoms with Crippen molar-refractivity contribution in [3.8, 4) is 0 Å². The molecule has 1 saturated heterocycles. The van der Waals surface area contributed by atoms with E-state index in [4.69, 9.17) is 9.72 Å². The van der Waals surface area contributed by atoms with Gasteiger partial charge in [-0.1, -0.05) is 12.1 Å². The van der Waals surface area contributed by atoms with Gasteiger partial charge in [0.05, 0.1) is 29.0 Å². The number of H-pyrrole nitrogens is 1. The maximum absolute atomic E-state index is 12.8. The van der Waals surface area contributed by atoms with Crippen LogP contribution in [0.4, 0.5) is 23.1 Å². The third kappa shape index (κ3) is 4.26. The quantitative estimate of drug-likeness (QED) is 0.376. The number of nitrogens with one attached hydrogen (secondary N) is 3. The first-order chi connectivity index (χ1) is 15.5. The van der Waals surface area contributed by atoms with Crippen molar-refractivity contribution in [2.75, 3.05) is 37.2 Å². The second kappa shape index (κ2) is 8.41. The Morgan fingerprint density at radius 3 is 2.75 bits per heavy atom. The molecule has 0 atom stereocenters. The lowest BCUT2D eigenvalue weighted by atomic mass is 10.1. The third-order valence-corrected chi connectivity index (χ3v) is 7.13. The number of hydrogen-bond donors (Lipinski definition) is 3. The molecule has 0 amide bonds. The summed E-state index contributed by atoms with van der Waals surface area (Å²) in [6.07, 6.45) is 7.50. The number of hydrogen-bond acceptors (Lipinski definition) is 7. The monoisotopic (exact) mass is 451 g/mol. The molecule has 1 fully saturated rings. The van der Waals surface area contributed by atoms with Gasteiger partial charge in [-0.2, -0.15) is 15.1 Å². The van der Waals surface area contributed by atoms with Gasteiger partial charge >= 0.3 is 0 Å². The number of anilines is 4. The van der Waals surface area contributed by atoms with Crippen LogP contribution in [0.5, 0.6) is 0 Å². The van der Waals surface area contributed by atoms with Crippen molar-refractivity contribution in [1.82, 2.24) is 24.7 Å². The summed E-state index contributed by atoms with van der Waals surface area (Å²) in [7, 11) is -2.47. The van der Waals surface area contributed by atoms with Gasteiger partial charge < -0.3 is 24.9 Å². The number of aromatic amines is 1. The summed E-state index contributed by atoms with van der Waals surface area (Å²) >= 11 is 0. The van der Waals surface area contributed by atoms with Gasteiger partial charge in [-0.3, -0.25) is 4.68 Å². The second-order valence-electron chi connectivity index (χ2n) is 8.31. The van der Waals surface area contributed by atoms with Crippen molar-refractivity contribution in [3.05, 3.63) is 48.9 Å². The highest BCUT2D eigenvalue weighted by Gasteiger charge is 2.19. The van der Waals surface area contributed by atoms with Crippen LogP contribution in [0.25, 0.3) is 11.0 Å². The van der Waals surface area contributed by atoms with Crippen molar-refractivity contribution in [2.45, 2.75) is 18.9 Å². The van der Waals surface area contributed by atoms with E-state index in [-0.39, 0.29) is 0 Å². The van der Waals surface area contributed by atoms with Crippen LogP contribution in [-0.4, -0.2) is 51.3 Å². The van der Waals surface area contributed by atoms with E-state index >= 15 is 0 Å². The van der Waals surface area contributed by atoms with Gasteiger partial charge in [-0.25, -0.2) is 0 Å². The molecule has 1 aliphatic heterocycles. The summed E-state index contributed by atoms with van der Waals surface area (Å²) in [6, 6.07) is 9.89. The molecule has 0 radical (unpaired) electrons. The lowest BCUT2D eigenvalue weighted by molar-refractivity contribution is 0.0662. The first-order valence-electron chi connectivity index (χ1n) is 10.6. The van der Waals surface area contributed by atoms with E-state index in [0.29, 0.717) is 23.5 Å². The average molecular weight is 451 g/mol. The molecular formula is C22H26N7O2P. The van der Waals surface area contributed by atoms with E-state index in [9.17, 15) is 4.57 Å². The zero-order valence-corrected chi connectivity index (χ0v) is 19.0. The molecule has 4 aromatic rings. The van der Waals surface area contributed by atoms with Crippen LogP contribution in [0, 0.1) is 0 Å². The van der Waals surface area contributed by atoms with E-state index in [0.717, 1.165) is 48.1 Å². The lowest BCUT2D eigenvalue weighted by Gasteiger charge is -2.22. The normalized spacial score (nSPS) is 15.2. The molecule has 0 saturated carbocycles. The number of nitrogens with zero attached hydrogens (tertiary/aromatic N) is 4. The Hall–Kier alpha value is -3.16. The Bertz CT molecular complexity index is 1290. The number of aromatic nitrogens is 5. The van der Waals surface area contributed by atoms with Gasteiger partial charge in [-0.15, -0.1) is 0 Å². The van der Waals surface area contributed by atoms with Crippen molar-refractivity contribution in [3.63, 3.8) is 0 Å². The Kier molecular flexibility index (Phi) is 5.45. The molecule has 0 unspecified atom stereocenters. The molecule has 9 nitrogen and oxygen atoms in total. The minimum atomic E-state index is -2.47. The summed E-state index contributed by atoms with van der Waals surface area (Å²) in [5.74, 6) is 1.08. The van der Waals surface area contributed by atoms with Gasteiger partial charge in [0.25, 0.3) is 0 Å². The van der Waals surface area contributed by atoms with Gasteiger partial charge in [0.2, 0.25) is 5.95 Å². The highest BCUT2D eigenvalue weighted by molar-refractivity contribution is 7.70. The highest BCUT2D eigenvalue weighted by Crippen LogP contribution is 2.38. The predicted octanol–water partition coefficient (Wildman–Crippen LogP) is 4.24. The number of benzene rings is 1. The zero-order valence-electron chi connectivity index (χ0n) is 18.1. The second-order valence-corrected chi connectivity index (χ2v) is 11.5. The van der Waals surface area contributed by atoms with Gasteiger partial charge in [-0.05, 0) is 44.4 Å². The lowest BCUT2D eigenvalue weighted by Crippen LogP contribution is -2.19. The predicted molar refractivity (Wildman–Crippen MR) is 127 cm³/mol. The Morgan fingerprint density at radius 1 is 1.12 bits per heavy atom. The molecule has 1 aromatic carbocycles. The summed E-state index contributed by atoms with van der Waals surface area (Å²) in [5, 5.41) is 12.8. The average Bonchev–Trinajstić information content (AvgIpc) is 3.44. The Morgan fingerprint density at radius 2 is 1.94 bits per heavy atom. The van der Waals surface area contributed by atoms with Crippen molar-refractivity contribution >= 4 is 46.6 Å². The molecular weight excluding hydrogens is 425 g/mol. The number of rotatable bonds is 6. The standard InChI is InChI=1S/C22H26N7O2P/c1-32(2,30)19-6-4-3-5-18(19)26-21-17-7-10-23-20(17)27-22(28-21)25-15-13-24-29(14-15)16-8-11-31-12-9-16/h3-7,10,13-14,16H,8-9,11-12H2,1-2H3,(H3,23,25,26,27,28). The first kappa shape index (κ1) is 20.7. The summed E-state index contributed by atoms with van der Waals surface area (Å²) in [4.78, 5) is 12.5. The van der Waals surface area contributed by atoms with Crippen molar-refractivity contribution < 1.29 is 9.30 Å². The van der Waals surface area contributed by atoms with E-state index < -0.39 is 7.14 Å². The SMILES string of the molecule is CP(C)(=O)c1ccccc1Nc1nc(Nc2cnn(C3CCOCC3)c2)nc2[nH]ccc12. The molecule has 3 aromatic heterocycles. The number of ether oxygens (including phenoxy) is 1. The topological polar surface area (TPSA) is 110 Å². The molecule has 4 heterocycles. The molecule has 166 valence electrons. The maximum Gasteiger partial charge on any atom is 0.231 e. The van der Waals surface area contributed by atoms with Crippen LogP contribution in [0.2, 0.25) is 0 Å². The fourth-order valence-corrected chi connectivity index (χ4v) is 5.11. The molecule has 3 N–H and O–H groups in total. The van der Waals surface area contributed by atoms with E-state index in [2.05, 4.69) is 25.7 Å². The van der Waals surface area contributed by atoms with Gasteiger partial charge in [0, 0.05) is 30.9 Å². The largest absolute Gasteiger partial charge is 0.381 e. The summed E-state index contributed by atoms with van der Waals surface area (Å²) in [5.41, 5.74) is 2.30. The zero-order chi connectivity index (χ0) is 22.1. The van der Waals surface area contributed by atoms with Crippen molar-refractivity contribution in [2.24, 2.45) is 0 Å². The van der Waals surface area contributed by atoms with Crippen LogP contribution in [0.15, 0.2) is 48.9 Å². The fraction of sp³-hybridized carbons (Fsp3) is 0.318. The molecule has 0 bridgehead atoms. The van der Waals surface area contributed by atoms with Crippen LogP contribution in [-0.2, 0) is 9.30 Å². The van der Waals surface area contributed by atoms with Crippen LogP contribution >= 0.6 is 7.14 Å². The molecule has 0 spiro atoms. The smallest absolute Gasteiger partial charge is 0.231 e. The summed E-state index contributed by atoms with van der Waals surface area (Å²) < 4.78 is 20.2. The minimum Gasteiger partial charge on any atom is -0.381 e. The Balaban J connectivity index is 1.44. The van der Waals surface area contributed by atoms with E-state index in [1.54, 1.807) is 19.5 Å².